The summed E-state index contributed by atoms with van der Waals surface area (Å²) < 4.78 is 10.8. The van der Waals surface area contributed by atoms with Crippen LogP contribution < -0.4 is 15.4 Å². The van der Waals surface area contributed by atoms with Gasteiger partial charge in [-0.05, 0) is 38.4 Å². The molecule has 1 aliphatic heterocycles. The maximum Gasteiger partial charge on any atom is 0.228 e. The lowest BCUT2D eigenvalue weighted by atomic mass is 9.99. The minimum atomic E-state index is 0.0567. The second kappa shape index (κ2) is 8.64. The van der Waals surface area contributed by atoms with Crippen LogP contribution in [0.2, 0.25) is 0 Å². The quantitative estimate of drug-likeness (QED) is 0.755. The molecule has 5 nitrogen and oxygen atoms in total. The van der Waals surface area contributed by atoms with E-state index in [-0.39, 0.29) is 11.8 Å². The molecule has 116 valence electrons. The van der Waals surface area contributed by atoms with E-state index in [2.05, 4.69) is 10.6 Å². The Labute approximate surface area is 126 Å². The summed E-state index contributed by atoms with van der Waals surface area (Å²) in [6, 6.07) is 7.48. The predicted octanol–water partition coefficient (Wildman–Crippen LogP) is 2.04. The van der Waals surface area contributed by atoms with Gasteiger partial charge in [0, 0.05) is 24.9 Å². The van der Waals surface area contributed by atoms with Gasteiger partial charge in [-0.25, -0.2) is 0 Å². The highest BCUT2D eigenvalue weighted by Crippen LogP contribution is 2.19. The second-order valence-corrected chi connectivity index (χ2v) is 5.11. The number of hydrogen-bond donors (Lipinski definition) is 2. The average Bonchev–Trinajstić information content (AvgIpc) is 2.53. The van der Waals surface area contributed by atoms with E-state index in [4.69, 9.17) is 9.47 Å². The number of amides is 1. The number of ether oxygens (including phenoxy) is 2. The van der Waals surface area contributed by atoms with Gasteiger partial charge >= 0.3 is 0 Å². The molecule has 21 heavy (non-hydrogen) atoms. The Bertz CT molecular complexity index is 445. The molecule has 0 saturated carbocycles. The topological polar surface area (TPSA) is 59.6 Å². The zero-order valence-electron chi connectivity index (χ0n) is 12.6. The third-order valence-corrected chi connectivity index (χ3v) is 3.47. The Morgan fingerprint density at radius 1 is 1.43 bits per heavy atom. The van der Waals surface area contributed by atoms with Crippen molar-refractivity contribution in [1.29, 1.82) is 0 Å². The first-order valence-corrected chi connectivity index (χ1v) is 7.62. The number of benzene rings is 1. The molecule has 0 aromatic heterocycles. The van der Waals surface area contributed by atoms with E-state index in [9.17, 15) is 4.79 Å². The summed E-state index contributed by atoms with van der Waals surface area (Å²) in [5, 5.41) is 6.22. The van der Waals surface area contributed by atoms with Gasteiger partial charge in [-0.3, -0.25) is 4.79 Å². The summed E-state index contributed by atoms with van der Waals surface area (Å²) in [6.45, 7) is 5.49. The molecule has 1 aromatic carbocycles. The number of piperidine rings is 1. The van der Waals surface area contributed by atoms with Gasteiger partial charge in [0.25, 0.3) is 0 Å². The van der Waals surface area contributed by atoms with Crippen molar-refractivity contribution in [2.75, 3.05) is 38.2 Å². The standard InChI is InChI=1S/C16H24N2O3/c1-2-20-9-10-21-15-7-3-6-14(11-15)18-16(19)13-5-4-8-17-12-13/h3,6-7,11,13,17H,2,4-5,8-10,12H2,1H3,(H,18,19). The SMILES string of the molecule is CCOCCOc1cccc(NC(=O)C2CCCNC2)c1. The fourth-order valence-corrected chi connectivity index (χ4v) is 2.35. The predicted molar refractivity (Wildman–Crippen MR) is 82.7 cm³/mol. The Kier molecular flexibility index (Phi) is 6.50. The van der Waals surface area contributed by atoms with Crippen LogP contribution in [-0.4, -0.2) is 38.8 Å². The zero-order valence-corrected chi connectivity index (χ0v) is 12.6. The van der Waals surface area contributed by atoms with E-state index in [1.165, 1.54) is 0 Å². The van der Waals surface area contributed by atoms with Gasteiger partial charge in [-0.1, -0.05) is 6.07 Å². The summed E-state index contributed by atoms with van der Waals surface area (Å²) in [5.74, 6) is 0.879. The second-order valence-electron chi connectivity index (χ2n) is 5.11. The van der Waals surface area contributed by atoms with Crippen molar-refractivity contribution in [2.45, 2.75) is 19.8 Å². The summed E-state index contributed by atoms with van der Waals surface area (Å²) >= 11 is 0. The molecule has 1 unspecified atom stereocenters. The van der Waals surface area contributed by atoms with E-state index in [0.717, 1.165) is 37.4 Å². The molecule has 0 spiro atoms. The first kappa shape index (κ1) is 15.8. The van der Waals surface area contributed by atoms with Gasteiger partial charge in [0.15, 0.2) is 0 Å². The van der Waals surface area contributed by atoms with Crippen LogP contribution in [0.15, 0.2) is 24.3 Å². The lowest BCUT2D eigenvalue weighted by molar-refractivity contribution is -0.120. The summed E-state index contributed by atoms with van der Waals surface area (Å²) in [6.07, 6.45) is 2.00. The van der Waals surface area contributed by atoms with Gasteiger partial charge in [0.05, 0.1) is 12.5 Å². The molecule has 1 aliphatic rings. The summed E-state index contributed by atoms with van der Waals surface area (Å²) in [7, 11) is 0. The molecule has 2 N–H and O–H groups in total. The van der Waals surface area contributed by atoms with Crippen molar-refractivity contribution < 1.29 is 14.3 Å². The van der Waals surface area contributed by atoms with E-state index < -0.39 is 0 Å². The summed E-state index contributed by atoms with van der Waals surface area (Å²) in [4.78, 5) is 12.2. The first-order chi connectivity index (χ1) is 10.3. The van der Waals surface area contributed by atoms with Gasteiger partial charge < -0.3 is 20.1 Å². The molecule has 0 aliphatic carbocycles. The maximum atomic E-state index is 12.2. The third-order valence-electron chi connectivity index (χ3n) is 3.47. The molecule has 1 fully saturated rings. The monoisotopic (exact) mass is 292 g/mol. The smallest absolute Gasteiger partial charge is 0.228 e. The van der Waals surface area contributed by atoms with Gasteiger partial charge in [-0.15, -0.1) is 0 Å². The van der Waals surface area contributed by atoms with Gasteiger partial charge in [-0.2, -0.15) is 0 Å². The molecule has 1 aromatic rings. The van der Waals surface area contributed by atoms with Crippen LogP contribution in [0.25, 0.3) is 0 Å². The van der Waals surface area contributed by atoms with Crippen molar-refractivity contribution in [3.8, 4) is 5.75 Å². The van der Waals surface area contributed by atoms with Crippen LogP contribution in [0.5, 0.6) is 5.75 Å². The van der Waals surface area contributed by atoms with Gasteiger partial charge in [0.2, 0.25) is 5.91 Å². The van der Waals surface area contributed by atoms with Crippen LogP contribution in [0.3, 0.4) is 0 Å². The number of rotatable bonds is 7. The van der Waals surface area contributed by atoms with Crippen LogP contribution in [-0.2, 0) is 9.53 Å². The fourth-order valence-electron chi connectivity index (χ4n) is 2.35. The van der Waals surface area contributed by atoms with E-state index >= 15 is 0 Å². The van der Waals surface area contributed by atoms with E-state index in [0.29, 0.717) is 19.8 Å². The van der Waals surface area contributed by atoms with Crippen LogP contribution in [0.4, 0.5) is 5.69 Å². The molecule has 1 atom stereocenters. The molecular weight excluding hydrogens is 268 g/mol. The molecule has 0 bridgehead atoms. The normalized spacial score (nSPS) is 18.2. The maximum absolute atomic E-state index is 12.2. The number of hydrogen-bond acceptors (Lipinski definition) is 4. The highest BCUT2D eigenvalue weighted by atomic mass is 16.5. The lowest BCUT2D eigenvalue weighted by Crippen LogP contribution is -2.37. The third kappa shape index (κ3) is 5.36. The molecule has 2 rings (SSSR count). The number of carbonyl (C=O) groups is 1. The van der Waals surface area contributed by atoms with Crippen molar-refractivity contribution >= 4 is 11.6 Å². The van der Waals surface area contributed by atoms with Crippen molar-refractivity contribution in [2.24, 2.45) is 5.92 Å². The first-order valence-electron chi connectivity index (χ1n) is 7.62. The molecular formula is C16H24N2O3. The minimum Gasteiger partial charge on any atom is -0.491 e. The van der Waals surface area contributed by atoms with Crippen molar-refractivity contribution in [1.82, 2.24) is 5.32 Å². The van der Waals surface area contributed by atoms with Gasteiger partial charge in [0.1, 0.15) is 12.4 Å². The molecule has 1 amide bonds. The Hall–Kier alpha value is -1.59. The lowest BCUT2D eigenvalue weighted by Gasteiger charge is -2.22. The highest BCUT2D eigenvalue weighted by Gasteiger charge is 2.20. The van der Waals surface area contributed by atoms with Crippen LogP contribution >= 0.6 is 0 Å². The fraction of sp³-hybridized carbons (Fsp3) is 0.562. The van der Waals surface area contributed by atoms with Crippen molar-refractivity contribution in [3.63, 3.8) is 0 Å². The molecule has 1 heterocycles. The minimum absolute atomic E-state index is 0.0567. The largest absolute Gasteiger partial charge is 0.491 e. The van der Waals surface area contributed by atoms with Crippen LogP contribution in [0, 0.1) is 5.92 Å². The number of carbonyl (C=O) groups excluding carboxylic acids is 1. The molecule has 0 radical (unpaired) electrons. The average molecular weight is 292 g/mol. The van der Waals surface area contributed by atoms with E-state index in [1.807, 2.05) is 31.2 Å². The Morgan fingerprint density at radius 3 is 3.10 bits per heavy atom. The van der Waals surface area contributed by atoms with E-state index in [1.54, 1.807) is 0 Å². The van der Waals surface area contributed by atoms with Crippen molar-refractivity contribution in [3.05, 3.63) is 24.3 Å². The molecule has 5 heteroatoms. The Balaban J connectivity index is 1.83. The zero-order chi connectivity index (χ0) is 14.9. The highest BCUT2D eigenvalue weighted by molar-refractivity contribution is 5.92. The summed E-state index contributed by atoms with van der Waals surface area (Å²) in [5.41, 5.74) is 0.777. The Morgan fingerprint density at radius 2 is 2.33 bits per heavy atom. The molecule has 1 saturated heterocycles. The number of anilines is 1. The number of nitrogens with one attached hydrogen (secondary N) is 2. The van der Waals surface area contributed by atoms with Crippen LogP contribution in [0.1, 0.15) is 19.8 Å².